The molecule has 1 saturated carbocycles. The van der Waals surface area contributed by atoms with E-state index in [1.54, 1.807) is 0 Å². The molecule has 1 fully saturated rings. The Morgan fingerprint density at radius 3 is 2.36 bits per heavy atom. The van der Waals surface area contributed by atoms with E-state index in [1.807, 2.05) is 0 Å². The fourth-order valence-corrected chi connectivity index (χ4v) is 2.16. The minimum absolute atomic E-state index is 0.573. The highest BCUT2D eigenvalue weighted by Crippen LogP contribution is 2.29. The Morgan fingerprint density at radius 2 is 1.91 bits per heavy atom. The molecular weight excluding hydrogens is 136 g/mol. The van der Waals surface area contributed by atoms with Gasteiger partial charge in [0, 0.05) is 6.04 Å². The molecule has 0 spiro atoms. The Balaban J connectivity index is 2.44. The van der Waals surface area contributed by atoms with Gasteiger partial charge in [0.15, 0.2) is 0 Å². The summed E-state index contributed by atoms with van der Waals surface area (Å²) in [5.74, 6) is 7.06. The second-order valence-corrected chi connectivity index (χ2v) is 3.97. The van der Waals surface area contributed by atoms with E-state index in [0.29, 0.717) is 6.04 Å². The lowest BCUT2D eigenvalue weighted by atomic mass is 9.78. The Labute approximate surface area is 69.5 Å². The van der Waals surface area contributed by atoms with Crippen LogP contribution in [0.5, 0.6) is 0 Å². The molecule has 1 aliphatic rings. The molecule has 0 aliphatic heterocycles. The van der Waals surface area contributed by atoms with Gasteiger partial charge in [0.1, 0.15) is 0 Å². The van der Waals surface area contributed by atoms with Crippen molar-refractivity contribution in [2.24, 2.45) is 17.7 Å². The molecule has 2 atom stereocenters. The van der Waals surface area contributed by atoms with Crippen LogP contribution in [0.15, 0.2) is 0 Å². The van der Waals surface area contributed by atoms with Crippen molar-refractivity contribution < 1.29 is 0 Å². The highest BCUT2D eigenvalue weighted by Gasteiger charge is 2.25. The van der Waals surface area contributed by atoms with Crippen LogP contribution in [-0.2, 0) is 0 Å². The summed E-state index contributed by atoms with van der Waals surface area (Å²) in [6.45, 7) is 4.58. The summed E-state index contributed by atoms with van der Waals surface area (Å²) in [5.41, 5.74) is 2.94. The normalized spacial score (nSPS) is 32.7. The summed E-state index contributed by atoms with van der Waals surface area (Å²) in [5, 5.41) is 0. The molecule has 1 rings (SSSR count). The van der Waals surface area contributed by atoms with Crippen LogP contribution < -0.4 is 11.3 Å². The van der Waals surface area contributed by atoms with Crippen LogP contribution in [0.3, 0.4) is 0 Å². The van der Waals surface area contributed by atoms with Gasteiger partial charge in [-0.2, -0.15) is 0 Å². The van der Waals surface area contributed by atoms with Crippen molar-refractivity contribution in [3.8, 4) is 0 Å². The first-order valence-corrected chi connectivity index (χ1v) is 4.72. The maximum absolute atomic E-state index is 5.48. The monoisotopic (exact) mass is 156 g/mol. The van der Waals surface area contributed by atoms with Crippen molar-refractivity contribution in [3.63, 3.8) is 0 Å². The third kappa shape index (κ3) is 2.17. The third-order valence-electron chi connectivity index (χ3n) is 2.89. The molecule has 0 amide bonds. The summed E-state index contributed by atoms with van der Waals surface area (Å²) in [6, 6.07) is 0.573. The van der Waals surface area contributed by atoms with Gasteiger partial charge in [0.2, 0.25) is 0 Å². The number of hydrogen-bond acceptors (Lipinski definition) is 2. The fourth-order valence-electron chi connectivity index (χ4n) is 2.16. The molecule has 2 nitrogen and oxygen atoms in total. The second-order valence-electron chi connectivity index (χ2n) is 3.97. The number of hydrazine groups is 1. The molecule has 0 aromatic heterocycles. The lowest BCUT2D eigenvalue weighted by molar-refractivity contribution is 0.207. The van der Waals surface area contributed by atoms with Gasteiger partial charge >= 0.3 is 0 Å². The molecule has 0 aromatic rings. The van der Waals surface area contributed by atoms with Crippen LogP contribution in [0.25, 0.3) is 0 Å². The first-order valence-electron chi connectivity index (χ1n) is 4.72. The van der Waals surface area contributed by atoms with Crippen molar-refractivity contribution in [1.82, 2.24) is 5.43 Å². The smallest absolute Gasteiger partial charge is 0.0241 e. The number of nitrogens with one attached hydrogen (secondary N) is 1. The largest absolute Gasteiger partial charge is 0.271 e. The molecule has 11 heavy (non-hydrogen) atoms. The van der Waals surface area contributed by atoms with E-state index in [4.69, 9.17) is 5.84 Å². The fraction of sp³-hybridized carbons (Fsp3) is 1.00. The molecule has 2 heteroatoms. The Hall–Kier alpha value is -0.0800. The zero-order valence-electron chi connectivity index (χ0n) is 7.64. The summed E-state index contributed by atoms with van der Waals surface area (Å²) < 4.78 is 0. The zero-order valence-corrected chi connectivity index (χ0v) is 7.64. The molecule has 0 heterocycles. The first kappa shape index (κ1) is 9.01. The summed E-state index contributed by atoms with van der Waals surface area (Å²) >= 11 is 0. The molecule has 0 saturated heterocycles. The van der Waals surface area contributed by atoms with Crippen molar-refractivity contribution in [2.75, 3.05) is 0 Å². The van der Waals surface area contributed by atoms with Crippen LogP contribution in [0, 0.1) is 11.8 Å². The predicted molar refractivity (Wildman–Crippen MR) is 47.9 cm³/mol. The van der Waals surface area contributed by atoms with E-state index in [1.165, 1.54) is 25.7 Å². The first-order chi connectivity index (χ1) is 5.25. The van der Waals surface area contributed by atoms with Crippen LogP contribution in [-0.4, -0.2) is 6.04 Å². The summed E-state index contributed by atoms with van der Waals surface area (Å²) in [6.07, 6.45) is 5.35. The van der Waals surface area contributed by atoms with Gasteiger partial charge in [-0.25, -0.2) is 0 Å². The Morgan fingerprint density at radius 1 is 1.27 bits per heavy atom. The minimum Gasteiger partial charge on any atom is -0.271 e. The summed E-state index contributed by atoms with van der Waals surface area (Å²) in [7, 11) is 0. The van der Waals surface area contributed by atoms with E-state index >= 15 is 0 Å². The van der Waals surface area contributed by atoms with Gasteiger partial charge in [-0.3, -0.25) is 11.3 Å². The van der Waals surface area contributed by atoms with Crippen LogP contribution in [0.1, 0.15) is 39.5 Å². The van der Waals surface area contributed by atoms with Gasteiger partial charge in [-0.1, -0.05) is 26.7 Å². The highest BCUT2D eigenvalue weighted by atomic mass is 15.2. The van der Waals surface area contributed by atoms with Crippen LogP contribution in [0.2, 0.25) is 0 Å². The van der Waals surface area contributed by atoms with E-state index in [0.717, 1.165) is 11.8 Å². The van der Waals surface area contributed by atoms with Gasteiger partial charge in [0.05, 0.1) is 0 Å². The van der Waals surface area contributed by atoms with Crippen LogP contribution >= 0.6 is 0 Å². The number of hydrogen-bond donors (Lipinski definition) is 2. The second kappa shape index (κ2) is 4.07. The van der Waals surface area contributed by atoms with E-state index in [2.05, 4.69) is 19.3 Å². The third-order valence-corrected chi connectivity index (χ3v) is 2.89. The SMILES string of the molecule is CC(C)C1CCCCC1NN. The standard InChI is InChI=1S/C9H20N2/c1-7(2)8-5-3-4-6-9(8)11-10/h7-9,11H,3-6,10H2,1-2H3. The predicted octanol–water partition coefficient (Wildman–Crippen LogP) is 1.66. The van der Waals surface area contributed by atoms with Gasteiger partial charge in [-0.05, 0) is 24.7 Å². The van der Waals surface area contributed by atoms with Crippen molar-refractivity contribution in [3.05, 3.63) is 0 Å². The van der Waals surface area contributed by atoms with Crippen molar-refractivity contribution in [1.29, 1.82) is 0 Å². The van der Waals surface area contributed by atoms with Gasteiger partial charge in [-0.15, -0.1) is 0 Å². The van der Waals surface area contributed by atoms with Crippen LogP contribution in [0.4, 0.5) is 0 Å². The maximum atomic E-state index is 5.48. The topological polar surface area (TPSA) is 38.0 Å². The van der Waals surface area contributed by atoms with Crippen molar-refractivity contribution in [2.45, 2.75) is 45.6 Å². The van der Waals surface area contributed by atoms with E-state index in [-0.39, 0.29) is 0 Å². The lowest BCUT2D eigenvalue weighted by Crippen LogP contribution is -2.44. The number of rotatable bonds is 2. The quantitative estimate of drug-likeness (QED) is 0.471. The molecule has 0 aromatic carbocycles. The molecule has 66 valence electrons. The van der Waals surface area contributed by atoms with E-state index in [9.17, 15) is 0 Å². The Bertz CT molecular complexity index is 112. The molecule has 0 radical (unpaired) electrons. The molecule has 1 aliphatic carbocycles. The molecular formula is C9H20N2. The van der Waals surface area contributed by atoms with Gasteiger partial charge in [0.25, 0.3) is 0 Å². The molecule has 2 unspecified atom stereocenters. The van der Waals surface area contributed by atoms with Crippen molar-refractivity contribution >= 4 is 0 Å². The van der Waals surface area contributed by atoms with E-state index < -0.39 is 0 Å². The summed E-state index contributed by atoms with van der Waals surface area (Å²) in [4.78, 5) is 0. The molecule has 0 bridgehead atoms. The highest BCUT2D eigenvalue weighted by molar-refractivity contribution is 4.80. The average molecular weight is 156 g/mol. The Kier molecular flexibility index (Phi) is 3.34. The zero-order chi connectivity index (χ0) is 8.27. The average Bonchev–Trinajstić information content (AvgIpc) is 2.04. The lowest BCUT2D eigenvalue weighted by Gasteiger charge is -2.33. The molecule has 3 N–H and O–H groups in total. The van der Waals surface area contributed by atoms with Gasteiger partial charge < -0.3 is 0 Å². The maximum Gasteiger partial charge on any atom is 0.0241 e. The minimum atomic E-state index is 0.573. The number of nitrogens with two attached hydrogens (primary N) is 1.